The molecule has 2 amide bonds. The van der Waals surface area contributed by atoms with Crippen molar-refractivity contribution < 1.29 is 19.5 Å². The van der Waals surface area contributed by atoms with Gasteiger partial charge in [-0.15, -0.1) is 0 Å². The molecule has 2 aromatic rings. The molecule has 3 atom stereocenters. The molecule has 0 aliphatic carbocycles. The number of amides is 2. The highest BCUT2D eigenvalue weighted by Gasteiger charge is 2.36. The van der Waals surface area contributed by atoms with Crippen molar-refractivity contribution in [2.24, 2.45) is 5.92 Å². The molecule has 0 radical (unpaired) electrons. The summed E-state index contributed by atoms with van der Waals surface area (Å²) >= 11 is 0. The number of carbonyl (C=O) groups excluding carboxylic acids is 2. The molecular formula is C23H28N4O4. The van der Waals surface area contributed by atoms with E-state index in [1.165, 1.54) is 0 Å². The maximum atomic E-state index is 13.2. The molecule has 1 aromatic heterocycles. The molecule has 164 valence electrons. The van der Waals surface area contributed by atoms with Crippen LogP contribution in [-0.4, -0.2) is 58.5 Å². The lowest BCUT2D eigenvalue weighted by atomic mass is 9.90. The average Bonchev–Trinajstić information content (AvgIpc) is 3.14. The van der Waals surface area contributed by atoms with E-state index in [1.54, 1.807) is 18.0 Å². The maximum Gasteiger partial charge on any atom is 0.328 e. The topological polar surface area (TPSA) is 115 Å². The number of aromatic amines is 1. The Morgan fingerprint density at radius 1 is 1.26 bits per heavy atom. The monoisotopic (exact) mass is 424 g/mol. The second-order valence-electron chi connectivity index (χ2n) is 8.34. The van der Waals surface area contributed by atoms with Crippen LogP contribution >= 0.6 is 0 Å². The van der Waals surface area contributed by atoms with E-state index < -0.39 is 12.0 Å². The molecule has 0 bridgehead atoms. The van der Waals surface area contributed by atoms with Gasteiger partial charge in [-0.3, -0.25) is 9.59 Å². The van der Waals surface area contributed by atoms with E-state index in [2.05, 4.69) is 15.6 Å². The molecule has 1 fully saturated rings. The minimum absolute atomic E-state index is 0.0185. The molecule has 1 saturated heterocycles. The van der Waals surface area contributed by atoms with Crippen LogP contribution in [0.3, 0.4) is 0 Å². The van der Waals surface area contributed by atoms with Gasteiger partial charge >= 0.3 is 5.97 Å². The summed E-state index contributed by atoms with van der Waals surface area (Å²) in [5.41, 5.74) is 3.13. The molecule has 31 heavy (non-hydrogen) atoms. The number of rotatable bonds is 5. The van der Waals surface area contributed by atoms with Crippen molar-refractivity contribution in [1.82, 2.24) is 20.5 Å². The van der Waals surface area contributed by atoms with E-state index in [0.29, 0.717) is 25.9 Å². The van der Waals surface area contributed by atoms with Gasteiger partial charge in [0.25, 0.3) is 0 Å². The Labute approximate surface area is 180 Å². The molecule has 1 unspecified atom stereocenters. The Morgan fingerprint density at radius 2 is 2.06 bits per heavy atom. The van der Waals surface area contributed by atoms with Crippen molar-refractivity contribution in [2.45, 2.75) is 44.3 Å². The number of carboxylic acids is 1. The van der Waals surface area contributed by atoms with E-state index in [4.69, 9.17) is 5.11 Å². The molecule has 2 aliphatic rings. The van der Waals surface area contributed by atoms with E-state index in [1.807, 2.05) is 24.3 Å². The van der Waals surface area contributed by atoms with Gasteiger partial charge in [0, 0.05) is 48.6 Å². The summed E-state index contributed by atoms with van der Waals surface area (Å²) in [4.78, 5) is 41.7. The first-order chi connectivity index (χ1) is 15.0. The quantitative estimate of drug-likeness (QED) is 0.544. The smallest absolute Gasteiger partial charge is 0.328 e. The van der Waals surface area contributed by atoms with Gasteiger partial charge in [0.2, 0.25) is 11.8 Å². The number of carboxylic acid groups (broad SMARTS) is 1. The minimum atomic E-state index is -0.958. The van der Waals surface area contributed by atoms with Crippen LogP contribution in [0.1, 0.15) is 30.5 Å². The second kappa shape index (κ2) is 8.93. The zero-order chi connectivity index (χ0) is 22.0. The van der Waals surface area contributed by atoms with Gasteiger partial charge in [0.05, 0.1) is 6.54 Å². The van der Waals surface area contributed by atoms with Crippen LogP contribution in [0.25, 0.3) is 10.9 Å². The van der Waals surface area contributed by atoms with Crippen LogP contribution in [0.4, 0.5) is 0 Å². The Balaban J connectivity index is 1.46. The molecule has 1 aromatic carbocycles. The van der Waals surface area contributed by atoms with Crippen molar-refractivity contribution in [3.8, 4) is 0 Å². The molecule has 0 saturated carbocycles. The number of para-hydroxylation sites is 1. The Hall–Kier alpha value is -3.13. The Morgan fingerprint density at radius 3 is 2.77 bits per heavy atom. The third-order valence-corrected chi connectivity index (χ3v) is 6.36. The van der Waals surface area contributed by atoms with Gasteiger partial charge in [-0.2, -0.15) is 0 Å². The van der Waals surface area contributed by atoms with E-state index in [-0.39, 0.29) is 23.8 Å². The predicted molar refractivity (Wildman–Crippen MR) is 116 cm³/mol. The Kier molecular flexibility index (Phi) is 6.08. The normalized spacial score (nSPS) is 23.6. The number of aliphatic carboxylic acids is 1. The fourth-order valence-electron chi connectivity index (χ4n) is 4.71. The fourth-order valence-corrected chi connectivity index (χ4v) is 4.71. The van der Waals surface area contributed by atoms with Gasteiger partial charge in [-0.1, -0.05) is 24.3 Å². The van der Waals surface area contributed by atoms with E-state index >= 15 is 0 Å². The highest BCUT2D eigenvalue weighted by molar-refractivity contribution is 5.91. The molecule has 4 N–H and O–H groups in total. The maximum absolute atomic E-state index is 13.2. The SMILES string of the molecule is CNC(=O)[C@H]1Cc2c([nH]c3ccccc23)CN1C(=O)C[C@H]1CCC(/C=C/C(=O)O)NC1. The molecule has 0 spiro atoms. The molecule has 8 nitrogen and oxygen atoms in total. The van der Waals surface area contributed by atoms with Gasteiger partial charge in [-0.25, -0.2) is 4.79 Å². The number of nitrogens with zero attached hydrogens (tertiary/aromatic N) is 1. The van der Waals surface area contributed by atoms with Crippen LogP contribution in [-0.2, 0) is 27.3 Å². The fraction of sp³-hybridized carbons (Fsp3) is 0.435. The number of nitrogens with one attached hydrogen (secondary N) is 3. The number of hydrogen-bond donors (Lipinski definition) is 4. The average molecular weight is 425 g/mol. The van der Waals surface area contributed by atoms with Crippen LogP contribution < -0.4 is 10.6 Å². The van der Waals surface area contributed by atoms with Gasteiger partial charge in [0.15, 0.2) is 0 Å². The zero-order valence-corrected chi connectivity index (χ0v) is 17.6. The van der Waals surface area contributed by atoms with Gasteiger partial charge in [-0.05, 0) is 36.9 Å². The number of carbonyl (C=O) groups is 3. The van der Waals surface area contributed by atoms with Crippen LogP contribution in [0, 0.1) is 5.92 Å². The number of likely N-dealkylation sites (N-methyl/N-ethyl adjacent to an activating group) is 1. The van der Waals surface area contributed by atoms with Crippen LogP contribution in [0.5, 0.6) is 0 Å². The van der Waals surface area contributed by atoms with Crippen LogP contribution in [0.15, 0.2) is 36.4 Å². The highest BCUT2D eigenvalue weighted by atomic mass is 16.4. The van der Waals surface area contributed by atoms with E-state index in [9.17, 15) is 14.4 Å². The number of hydrogen-bond acceptors (Lipinski definition) is 4. The first-order valence-corrected chi connectivity index (χ1v) is 10.7. The summed E-state index contributed by atoms with van der Waals surface area (Å²) in [6.45, 7) is 1.04. The van der Waals surface area contributed by atoms with Gasteiger partial charge < -0.3 is 25.6 Å². The predicted octanol–water partition coefficient (Wildman–Crippen LogP) is 1.57. The first kappa shape index (κ1) is 21.1. The number of aromatic nitrogens is 1. The van der Waals surface area contributed by atoms with Crippen molar-refractivity contribution in [1.29, 1.82) is 0 Å². The zero-order valence-electron chi connectivity index (χ0n) is 17.6. The second-order valence-corrected chi connectivity index (χ2v) is 8.34. The third-order valence-electron chi connectivity index (χ3n) is 6.36. The summed E-state index contributed by atoms with van der Waals surface area (Å²) in [5.74, 6) is -0.966. The standard InChI is InChI=1S/C23H28N4O4/c1-24-23(31)20-11-17-16-4-2-3-5-18(16)26-19(17)13-27(20)21(28)10-14-6-7-15(25-12-14)8-9-22(29)30/h2-5,8-9,14-15,20,25-26H,6-7,10-13H2,1H3,(H,24,31)(H,29,30)/b9-8+/t14-,15?,20-/m1/s1. The van der Waals surface area contributed by atoms with Crippen molar-refractivity contribution in [3.63, 3.8) is 0 Å². The molecule has 8 heteroatoms. The summed E-state index contributed by atoms with van der Waals surface area (Å²) in [6.07, 6.45) is 5.30. The van der Waals surface area contributed by atoms with E-state index in [0.717, 1.165) is 41.1 Å². The number of piperidine rings is 1. The lowest BCUT2D eigenvalue weighted by Crippen LogP contribution is -2.52. The lowest BCUT2D eigenvalue weighted by molar-refractivity contribution is -0.142. The summed E-state index contributed by atoms with van der Waals surface area (Å²) in [7, 11) is 1.60. The number of H-pyrrole nitrogens is 1. The first-order valence-electron chi connectivity index (χ1n) is 10.7. The van der Waals surface area contributed by atoms with Crippen molar-refractivity contribution in [3.05, 3.63) is 47.7 Å². The minimum Gasteiger partial charge on any atom is -0.478 e. The third kappa shape index (κ3) is 4.49. The number of benzene rings is 1. The highest BCUT2D eigenvalue weighted by Crippen LogP contribution is 2.31. The molecule has 2 aliphatic heterocycles. The number of fused-ring (bicyclic) bond motifs is 3. The molecular weight excluding hydrogens is 396 g/mol. The lowest BCUT2D eigenvalue weighted by Gasteiger charge is -2.36. The largest absolute Gasteiger partial charge is 0.478 e. The Bertz CT molecular complexity index is 1020. The van der Waals surface area contributed by atoms with Crippen LogP contribution in [0.2, 0.25) is 0 Å². The van der Waals surface area contributed by atoms with Gasteiger partial charge in [0.1, 0.15) is 6.04 Å². The van der Waals surface area contributed by atoms with Crippen molar-refractivity contribution >= 4 is 28.7 Å². The molecule has 3 heterocycles. The summed E-state index contributed by atoms with van der Waals surface area (Å²) < 4.78 is 0. The molecule has 4 rings (SSSR count). The summed E-state index contributed by atoms with van der Waals surface area (Å²) in [5, 5.41) is 15.9. The summed E-state index contributed by atoms with van der Waals surface area (Å²) in [6, 6.07) is 7.51. The van der Waals surface area contributed by atoms with Crippen molar-refractivity contribution in [2.75, 3.05) is 13.6 Å².